The minimum absolute atomic E-state index is 0.321. The van der Waals surface area contributed by atoms with E-state index in [0.29, 0.717) is 0 Å². The average Bonchev–Trinajstić information content (AvgIpc) is 2.58. The van der Waals surface area contributed by atoms with Gasteiger partial charge in [-0.25, -0.2) is 0 Å². The lowest BCUT2D eigenvalue weighted by Gasteiger charge is -2.32. The van der Waals surface area contributed by atoms with Gasteiger partial charge in [0.2, 0.25) is 0 Å². The third kappa shape index (κ3) is 2.62. The summed E-state index contributed by atoms with van der Waals surface area (Å²) in [5, 5.41) is 0. The first-order valence-electron chi connectivity index (χ1n) is 6.79. The number of hydrogen-bond acceptors (Lipinski definition) is 4. The van der Waals surface area contributed by atoms with E-state index in [9.17, 15) is 0 Å². The molecule has 0 aromatic carbocycles. The number of aromatic nitrogens is 1. The van der Waals surface area contributed by atoms with Crippen LogP contribution >= 0.6 is 0 Å². The van der Waals surface area contributed by atoms with Crippen LogP contribution < -0.4 is 10.5 Å². The summed E-state index contributed by atoms with van der Waals surface area (Å²) in [5.74, 6) is 0. The van der Waals surface area contributed by atoms with Gasteiger partial charge in [-0.1, -0.05) is 0 Å². The van der Waals surface area contributed by atoms with Crippen molar-refractivity contribution in [2.45, 2.75) is 45.8 Å². The van der Waals surface area contributed by atoms with Gasteiger partial charge < -0.3 is 14.2 Å². The lowest BCUT2D eigenvalue weighted by molar-refractivity contribution is 0.00578. The molecule has 0 amide bonds. The van der Waals surface area contributed by atoms with E-state index in [2.05, 4.69) is 22.9 Å². The van der Waals surface area contributed by atoms with E-state index in [1.165, 1.54) is 0 Å². The summed E-state index contributed by atoms with van der Waals surface area (Å²) in [5.41, 5.74) is 1.28. The molecule has 4 nitrogen and oxygen atoms in total. The Bertz CT molecular complexity index is 429. The van der Waals surface area contributed by atoms with Crippen LogP contribution in [0.25, 0.3) is 0 Å². The van der Waals surface area contributed by atoms with Gasteiger partial charge in [-0.3, -0.25) is 4.98 Å². The second-order valence-corrected chi connectivity index (χ2v) is 6.04. The Kier molecular flexibility index (Phi) is 3.62. The second kappa shape index (κ2) is 4.80. The summed E-state index contributed by atoms with van der Waals surface area (Å²) in [6.07, 6.45) is 1.86. The third-order valence-corrected chi connectivity index (χ3v) is 4.18. The van der Waals surface area contributed by atoms with Crippen LogP contribution in [0.5, 0.6) is 0 Å². The highest BCUT2D eigenvalue weighted by Gasteiger charge is 2.52. The van der Waals surface area contributed by atoms with Crippen LogP contribution in [-0.4, -0.2) is 36.9 Å². The SMILES string of the molecule is CCN(C)c1ccc(B2OC(C)(C)C(C)(C)O2)nc1. The molecule has 5 heteroatoms. The van der Waals surface area contributed by atoms with Gasteiger partial charge in [-0.2, -0.15) is 0 Å². The molecule has 0 aliphatic carbocycles. The van der Waals surface area contributed by atoms with Gasteiger partial charge in [0.15, 0.2) is 0 Å². The summed E-state index contributed by atoms with van der Waals surface area (Å²) in [4.78, 5) is 6.61. The van der Waals surface area contributed by atoms with Crippen LogP contribution in [0.15, 0.2) is 18.3 Å². The normalized spacial score (nSPS) is 20.6. The smallest absolute Gasteiger partial charge is 0.398 e. The Hall–Kier alpha value is -1.07. The van der Waals surface area contributed by atoms with Crippen LogP contribution in [0.2, 0.25) is 0 Å². The van der Waals surface area contributed by atoms with Gasteiger partial charge in [0.25, 0.3) is 0 Å². The van der Waals surface area contributed by atoms with E-state index >= 15 is 0 Å². The molecule has 104 valence electrons. The number of hydrogen-bond donors (Lipinski definition) is 0. The van der Waals surface area contributed by atoms with Gasteiger partial charge >= 0.3 is 7.12 Å². The topological polar surface area (TPSA) is 34.6 Å². The monoisotopic (exact) mass is 262 g/mol. The highest BCUT2D eigenvalue weighted by molar-refractivity contribution is 6.61. The standard InChI is InChI=1S/C14H23BN2O2/c1-7-17(6)11-8-9-12(16-10-11)15-18-13(2,3)14(4,5)19-15/h8-10H,7H2,1-6H3. The fourth-order valence-electron chi connectivity index (χ4n) is 1.91. The molecule has 0 unspecified atom stereocenters. The summed E-state index contributed by atoms with van der Waals surface area (Å²) in [6, 6.07) is 4.03. The Morgan fingerprint density at radius 3 is 2.16 bits per heavy atom. The molecular weight excluding hydrogens is 239 g/mol. The summed E-state index contributed by atoms with van der Waals surface area (Å²) < 4.78 is 12.0. The maximum Gasteiger partial charge on any atom is 0.514 e. The molecule has 0 saturated carbocycles. The predicted molar refractivity (Wildman–Crippen MR) is 78.9 cm³/mol. The molecule has 19 heavy (non-hydrogen) atoms. The van der Waals surface area contributed by atoms with Crippen LogP contribution in [-0.2, 0) is 9.31 Å². The quantitative estimate of drug-likeness (QED) is 0.778. The molecule has 0 atom stereocenters. The summed E-state index contributed by atoms with van der Waals surface area (Å²) >= 11 is 0. The maximum atomic E-state index is 5.98. The highest BCUT2D eigenvalue weighted by Crippen LogP contribution is 2.36. The first kappa shape index (κ1) is 14.3. The van der Waals surface area contributed by atoms with Crippen molar-refractivity contribution in [3.05, 3.63) is 18.3 Å². The number of anilines is 1. The van der Waals surface area contributed by atoms with Crippen LogP contribution in [0.1, 0.15) is 34.6 Å². The highest BCUT2D eigenvalue weighted by atomic mass is 16.7. The molecule has 1 aliphatic rings. The number of pyridine rings is 1. The van der Waals surface area contributed by atoms with Crippen molar-refractivity contribution in [3.8, 4) is 0 Å². The van der Waals surface area contributed by atoms with Crippen LogP contribution in [0.4, 0.5) is 5.69 Å². The Morgan fingerprint density at radius 2 is 1.74 bits per heavy atom. The zero-order chi connectivity index (χ0) is 14.3. The molecule has 1 aliphatic heterocycles. The molecule has 0 spiro atoms. The van der Waals surface area contributed by atoms with Gasteiger partial charge in [0.05, 0.1) is 22.5 Å². The molecule has 1 saturated heterocycles. The van der Waals surface area contributed by atoms with Crippen molar-refractivity contribution < 1.29 is 9.31 Å². The third-order valence-electron chi connectivity index (χ3n) is 4.18. The predicted octanol–water partition coefficient (Wildman–Crippen LogP) is 1.84. The van der Waals surface area contributed by atoms with Gasteiger partial charge in [0.1, 0.15) is 0 Å². The van der Waals surface area contributed by atoms with Crippen molar-refractivity contribution in [1.29, 1.82) is 0 Å². The Morgan fingerprint density at radius 1 is 1.16 bits per heavy atom. The zero-order valence-electron chi connectivity index (χ0n) is 12.7. The van der Waals surface area contributed by atoms with Gasteiger partial charge in [-0.05, 0) is 46.8 Å². The van der Waals surface area contributed by atoms with Crippen molar-refractivity contribution in [2.24, 2.45) is 0 Å². The van der Waals surface area contributed by atoms with Gasteiger partial charge in [-0.15, -0.1) is 0 Å². The van der Waals surface area contributed by atoms with Gasteiger partial charge in [0, 0.05) is 19.8 Å². The second-order valence-electron chi connectivity index (χ2n) is 6.04. The van der Waals surface area contributed by atoms with Crippen molar-refractivity contribution in [1.82, 2.24) is 4.98 Å². The minimum atomic E-state index is -0.383. The maximum absolute atomic E-state index is 5.98. The first-order valence-corrected chi connectivity index (χ1v) is 6.79. The van der Waals surface area contributed by atoms with Crippen LogP contribution in [0.3, 0.4) is 0 Å². The summed E-state index contributed by atoms with van der Waals surface area (Å²) in [7, 11) is 1.66. The van der Waals surface area contributed by atoms with Crippen LogP contribution in [0, 0.1) is 0 Å². The molecule has 2 heterocycles. The molecule has 0 bridgehead atoms. The molecule has 0 radical (unpaired) electrons. The minimum Gasteiger partial charge on any atom is -0.398 e. The number of nitrogens with zero attached hydrogens (tertiary/aromatic N) is 2. The Balaban J connectivity index is 2.17. The largest absolute Gasteiger partial charge is 0.514 e. The molecule has 1 aromatic heterocycles. The Labute approximate surface area is 116 Å². The zero-order valence-corrected chi connectivity index (χ0v) is 12.7. The fourth-order valence-corrected chi connectivity index (χ4v) is 1.91. The van der Waals surface area contributed by atoms with E-state index in [0.717, 1.165) is 17.8 Å². The first-order chi connectivity index (χ1) is 8.77. The van der Waals surface area contributed by atoms with E-state index in [4.69, 9.17) is 9.31 Å². The fraction of sp³-hybridized carbons (Fsp3) is 0.643. The van der Waals surface area contributed by atoms with Crippen molar-refractivity contribution in [3.63, 3.8) is 0 Å². The van der Waals surface area contributed by atoms with E-state index in [-0.39, 0.29) is 18.3 Å². The summed E-state index contributed by atoms with van der Waals surface area (Å²) in [6.45, 7) is 11.3. The molecule has 1 aromatic rings. The molecular formula is C14H23BN2O2. The lowest BCUT2D eigenvalue weighted by atomic mass is 9.84. The van der Waals surface area contributed by atoms with E-state index in [1.807, 2.05) is 47.0 Å². The number of rotatable bonds is 3. The molecule has 1 fully saturated rings. The lowest BCUT2D eigenvalue weighted by Crippen LogP contribution is -2.41. The van der Waals surface area contributed by atoms with E-state index < -0.39 is 0 Å². The van der Waals surface area contributed by atoms with Crippen molar-refractivity contribution in [2.75, 3.05) is 18.5 Å². The average molecular weight is 262 g/mol. The molecule has 2 rings (SSSR count). The molecule has 0 N–H and O–H groups in total. The van der Waals surface area contributed by atoms with E-state index in [1.54, 1.807) is 0 Å². The van der Waals surface area contributed by atoms with Crippen molar-refractivity contribution >= 4 is 18.4 Å².